The second kappa shape index (κ2) is 5.21. The van der Waals surface area contributed by atoms with Gasteiger partial charge in [-0.2, -0.15) is 0 Å². The van der Waals surface area contributed by atoms with Crippen molar-refractivity contribution in [2.45, 2.75) is 12.6 Å². The Morgan fingerprint density at radius 1 is 1.37 bits per heavy atom. The Hall–Kier alpha value is -2.18. The molecular weight excluding hydrogens is 244 g/mol. The summed E-state index contributed by atoms with van der Waals surface area (Å²) in [5.74, 6) is 1.23. The molecule has 6 nitrogen and oxygen atoms in total. The van der Waals surface area contributed by atoms with E-state index in [0.717, 1.165) is 5.69 Å². The number of hydrogen-bond acceptors (Lipinski definition) is 5. The van der Waals surface area contributed by atoms with Crippen LogP contribution >= 0.6 is 0 Å². The van der Waals surface area contributed by atoms with Crippen LogP contribution in [0, 0.1) is 0 Å². The summed E-state index contributed by atoms with van der Waals surface area (Å²) in [6, 6.07) is 5.37. The van der Waals surface area contributed by atoms with Gasteiger partial charge >= 0.3 is 0 Å². The topological polar surface area (TPSA) is 75.6 Å². The van der Waals surface area contributed by atoms with E-state index in [9.17, 15) is 5.11 Å². The van der Waals surface area contributed by atoms with Crippen LogP contribution in [0.4, 0.5) is 0 Å². The molecular formula is C13H14N4O2. The smallest absolute Gasteiger partial charge is 0.233 e. The first kappa shape index (κ1) is 11.9. The molecule has 6 heteroatoms. The lowest BCUT2D eigenvalue weighted by molar-refractivity contribution is 0.147. The number of nitrogens with zero attached hydrogens (tertiary/aromatic N) is 3. The van der Waals surface area contributed by atoms with Crippen LogP contribution in [-0.4, -0.2) is 26.0 Å². The van der Waals surface area contributed by atoms with Gasteiger partial charge in [0.2, 0.25) is 5.78 Å². The maximum absolute atomic E-state index is 9.86. The molecule has 3 rings (SSSR count). The maximum atomic E-state index is 9.86. The van der Waals surface area contributed by atoms with E-state index in [-0.39, 0.29) is 0 Å². The summed E-state index contributed by atoms with van der Waals surface area (Å²) in [5.41, 5.74) is 0.995. The zero-order valence-corrected chi connectivity index (χ0v) is 10.2. The molecule has 0 bridgehead atoms. The Morgan fingerprint density at radius 2 is 2.32 bits per heavy atom. The van der Waals surface area contributed by atoms with E-state index in [1.807, 2.05) is 16.7 Å². The quantitative estimate of drug-likeness (QED) is 0.718. The van der Waals surface area contributed by atoms with Crippen molar-refractivity contribution in [1.29, 1.82) is 0 Å². The third-order valence-electron chi connectivity index (χ3n) is 2.88. The van der Waals surface area contributed by atoms with Gasteiger partial charge in [0.05, 0.1) is 18.2 Å². The van der Waals surface area contributed by atoms with Gasteiger partial charge in [0.25, 0.3) is 0 Å². The molecule has 0 amide bonds. The van der Waals surface area contributed by atoms with Gasteiger partial charge in [-0.15, -0.1) is 0 Å². The maximum Gasteiger partial charge on any atom is 0.233 e. The summed E-state index contributed by atoms with van der Waals surface area (Å²) in [6.45, 7) is 1.02. The molecule has 0 saturated carbocycles. The highest BCUT2D eigenvalue weighted by Gasteiger charge is 2.10. The average molecular weight is 258 g/mol. The lowest BCUT2D eigenvalue weighted by atomic mass is 10.2. The molecule has 19 heavy (non-hydrogen) atoms. The molecule has 0 aromatic carbocycles. The highest BCUT2D eigenvalue weighted by atomic mass is 16.4. The van der Waals surface area contributed by atoms with E-state index < -0.39 is 6.10 Å². The monoisotopic (exact) mass is 258 g/mol. The fourth-order valence-electron chi connectivity index (χ4n) is 1.93. The number of aromatic nitrogens is 3. The van der Waals surface area contributed by atoms with Crippen LogP contribution in [0.2, 0.25) is 0 Å². The van der Waals surface area contributed by atoms with Gasteiger partial charge in [-0.3, -0.25) is 4.40 Å². The Morgan fingerprint density at radius 3 is 3.16 bits per heavy atom. The average Bonchev–Trinajstić information content (AvgIpc) is 3.08. The van der Waals surface area contributed by atoms with Crippen LogP contribution in [0.1, 0.15) is 17.6 Å². The number of nitrogens with one attached hydrogen (secondary N) is 1. The van der Waals surface area contributed by atoms with Crippen molar-refractivity contribution in [1.82, 2.24) is 19.7 Å². The van der Waals surface area contributed by atoms with Crippen molar-refractivity contribution < 1.29 is 9.52 Å². The first-order valence-electron chi connectivity index (χ1n) is 6.04. The van der Waals surface area contributed by atoms with Gasteiger partial charge in [-0.05, 0) is 18.2 Å². The van der Waals surface area contributed by atoms with Gasteiger partial charge in [-0.25, -0.2) is 9.97 Å². The van der Waals surface area contributed by atoms with Crippen molar-refractivity contribution in [3.05, 3.63) is 54.5 Å². The van der Waals surface area contributed by atoms with Crippen LogP contribution < -0.4 is 5.32 Å². The molecule has 3 heterocycles. The summed E-state index contributed by atoms with van der Waals surface area (Å²) in [6.07, 6.45) is 6.30. The fraction of sp³-hybridized carbons (Fsp3) is 0.231. The number of furan rings is 1. The zero-order valence-electron chi connectivity index (χ0n) is 10.2. The first-order valence-corrected chi connectivity index (χ1v) is 6.04. The van der Waals surface area contributed by atoms with Gasteiger partial charge in [0.1, 0.15) is 11.9 Å². The third kappa shape index (κ3) is 2.49. The molecule has 1 atom stereocenters. The van der Waals surface area contributed by atoms with E-state index in [2.05, 4.69) is 15.3 Å². The summed E-state index contributed by atoms with van der Waals surface area (Å²) in [7, 11) is 0. The van der Waals surface area contributed by atoms with Gasteiger partial charge in [-0.1, -0.05) is 0 Å². The molecule has 0 saturated heterocycles. The SMILES string of the molecule is OC(CNCc1cnc2ncccn12)c1ccco1. The van der Waals surface area contributed by atoms with E-state index in [1.165, 1.54) is 0 Å². The summed E-state index contributed by atoms with van der Waals surface area (Å²) >= 11 is 0. The van der Waals surface area contributed by atoms with Crippen LogP contribution in [0.15, 0.2) is 47.5 Å². The van der Waals surface area contributed by atoms with Crippen molar-refractivity contribution >= 4 is 5.78 Å². The molecule has 0 aliphatic heterocycles. The molecule has 2 N–H and O–H groups in total. The number of hydrogen-bond donors (Lipinski definition) is 2. The third-order valence-corrected chi connectivity index (χ3v) is 2.88. The predicted octanol–water partition coefficient (Wildman–Crippen LogP) is 1.15. The molecule has 3 aromatic rings. The minimum Gasteiger partial charge on any atom is -0.467 e. The van der Waals surface area contributed by atoms with Crippen LogP contribution in [0.5, 0.6) is 0 Å². The molecule has 98 valence electrons. The van der Waals surface area contributed by atoms with E-state index in [4.69, 9.17) is 4.42 Å². The minimum absolute atomic E-state index is 0.418. The van der Waals surface area contributed by atoms with Gasteiger partial charge in [0.15, 0.2) is 0 Å². The molecule has 0 fully saturated rings. The first-order chi connectivity index (χ1) is 9.34. The van der Waals surface area contributed by atoms with Crippen molar-refractivity contribution in [2.24, 2.45) is 0 Å². The van der Waals surface area contributed by atoms with Gasteiger partial charge < -0.3 is 14.8 Å². The van der Waals surface area contributed by atoms with E-state index in [0.29, 0.717) is 24.6 Å². The van der Waals surface area contributed by atoms with Crippen molar-refractivity contribution in [2.75, 3.05) is 6.54 Å². The highest BCUT2D eigenvalue weighted by molar-refractivity contribution is 5.30. The van der Waals surface area contributed by atoms with Gasteiger partial charge in [0, 0.05) is 25.5 Å². The Balaban J connectivity index is 1.61. The van der Waals surface area contributed by atoms with Crippen LogP contribution in [0.25, 0.3) is 5.78 Å². The number of fused-ring (bicyclic) bond motifs is 1. The lowest BCUT2D eigenvalue weighted by Gasteiger charge is -2.09. The largest absolute Gasteiger partial charge is 0.467 e. The molecule has 0 spiro atoms. The predicted molar refractivity (Wildman–Crippen MR) is 68.4 cm³/mol. The normalized spacial score (nSPS) is 12.9. The molecule has 1 unspecified atom stereocenters. The fourth-order valence-corrected chi connectivity index (χ4v) is 1.93. The second-order valence-corrected chi connectivity index (χ2v) is 4.20. The Bertz CT molecular complexity index is 648. The number of rotatable bonds is 5. The number of imidazole rings is 1. The second-order valence-electron chi connectivity index (χ2n) is 4.20. The summed E-state index contributed by atoms with van der Waals surface area (Å²) < 4.78 is 7.04. The Labute approximate surface area is 109 Å². The lowest BCUT2D eigenvalue weighted by Crippen LogP contribution is -2.21. The highest BCUT2D eigenvalue weighted by Crippen LogP contribution is 2.12. The Kier molecular flexibility index (Phi) is 3.26. The zero-order chi connectivity index (χ0) is 13.1. The van der Waals surface area contributed by atoms with Crippen molar-refractivity contribution in [3.8, 4) is 0 Å². The molecule has 3 aromatic heterocycles. The summed E-state index contributed by atoms with van der Waals surface area (Å²) in [5, 5.41) is 13.0. The van der Waals surface area contributed by atoms with Crippen molar-refractivity contribution in [3.63, 3.8) is 0 Å². The molecule has 0 aliphatic carbocycles. The number of aliphatic hydroxyl groups excluding tert-OH is 1. The number of aliphatic hydroxyl groups is 1. The summed E-state index contributed by atoms with van der Waals surface area (Å²) in [4.78, 5) is 8.34. The van der Waals surface area contributed by atoms with Crippen LogP contribution in [0.3, 0.4) is 0 Å². The van der Waals surface area contributed by atoms with E-state index in [1.54, 1.807) is 30.8 Å². The standard InChI is InChI=1S/C13H14N4O2/c18-11(12-3-1-6-19-12)9-14-7-10-8-16-13-15-4-2-5-17(10)13/h1-6,8,11,14,18H,7,9H2. The molecule has 0 radical (unpaired) electrons. The molecule has 0 aliphatic rings. The van der Waals surface area contributed by atoms with Crippen LogP contribution in [-0.2, 0) is 6.54 Å². The minimum atomic E-state index is -0.646. The van der Waals surface area contributed by atoms with E-state index >= 15 is 0 Å².